The van der Waals surface area contributed by atoms with Crippen molar-refractivity contribution in [1.82, 2.24) is 0 Å². The normalized spacial score (nSPS) is 12.7. The van der Waals surface area contributed by atoms with Gasteiger partial charge in [-0.2, -0.15) is 0 Å². The van der Waals surface area contributed by atoms with Crippen molar-refractivity contribution in [2.75, 3.05) is 7.11 Å². The molecule has 0 heterocycles. The highest BCUT2D eigenvalue weighted by Gasteiger charge is 2.07. The minimum atomic E-state index is -0.198. The number of benzene rings is 1. The van der Waals surface area contributed by atoms with Crippen molar-refractivity contribution >= 4 is 22.6 Å². The van der Waals surface area contributed by atoms with Crippen LogP contribution in [0.2, 0.25) is 0 Å². The molecule has 1 aromatic carbocycles. The van der Waals surface area contributed by atoms with E-state index in [4.69, 9.17) is 4.74 Å². The van der Waals surface area contributed by atoms with Crippen LogP contribution in [0, 0.1) is 5.82 Å². The first kappa shape index (κ1) is 9.77. The number of hydrogen-bond donors (Lipinski definition) is 0. The monoisotopic (exact) mass is 280 g/mol. The van der Waals surface area contributed by atoms with Gasteiger partial charge in [0.15, 0.2) is 0 Å². The summed E-state index contributed by atoms with van der Waals surface area (Å²) >= 11 is 2.18. The van der Waals surface area contributed by atoms with Crippen LogP contribution in [0.15, 0.2) is 18.2 Å². The summed E-state index contributed by atoms with van der Waals surface area (Å²) in [4.78, 5) is 0. The van der Waals surface area contributed by atoms with Gasteiger partial charge in [-0.1, -0.05) is 28.7 Å². The maximum Gasteiger partial charge on any atom is 0.131 e. The molecule has 0 aliphatic heterocycles. The van der Waals surface area contributed by atoms with Gasteiger partial charge in [0.25, 0.3) is 0 Å². The van der Waals surface area contributed by atoms with Crippen molar-refractivity contribution in [2.24, 2.45) is 0 Å². The summed E-state index contributed by atoms with van der Waals surface area (Å²) < 4.78 is 18.3. The van der Waals surface area contributed by atoms with E-state index in [9.17, 15) is 4.39 Å². The molecule has 1 atom stereocenters. The molecule has 0 bridgehead atoms. The molecule has 0 radical (unpaired) electrons. The van der Waals surface area contributed by atoms with E-state index >= 15 is 0 Å². The lowest BCUT2D eigenvalue weighted by Crippen LogP contribution is -1.91. The van der Waals surface area contributed by atoms with Gasteiger partial charge in [0.1, 0.15) is 11.6 Å². The van der Waals surface area contributed by atoms with Crippen molar-refractivity contribution in [3.05, 3.63) is 29.6 Å². The second kappa shape index (κ2) is 4.07. The average molecular weight is 280 g/mol. The Bertz CT molecular complexity index is 273. The summed E-state index contributed by atoms with van der Waals surface area (Å²) in [6.07, 6.45) is 0. The Hall–Kier alpha value is -0.320. The van der Waals surface area contributed by atoms with Crippen LogP contribution >= 0.6 is 22.6 Å². The van der Waals surface area contributed by atoms with Crippen LogP contribution in [0.1, 0.15) is 16.4 Å². The topological polar surface area (TPSA) is 9.23 Å². The summed E-state index contributed by atoms with van der Waals surface area (Å²) in [7, 11) is 1.53. The number of ether oxygens (including phenoxy) is 1. The Morgan fingerprint density at radius 2 is 2.17 bits per heavy atom. The molecule has 1 aromatic rings. The second-order valence-electron chi connectivity index (χ2n) is 2.50. The fraction of sp³-hybridized carbons (Fsp3) is 0.333. The summed E-state index contributed by atoms with van der Waals surface area (Å²) in [5.74, 6) is 0.365. The van der Waals surface area contributed by atoms with Gasteiger partial charge < -0.3 is 4.74 Å². The third kappa shape index (κ3) is 2.09. The van der Waals surface area contributed by atoms with E-state index in [1.165, 1.54) is 13.2 Å². The van der Waals surface area contributed by atoms with E-state index in [0.29, 0.717) is 5.75 Å². The Balaban J connectivity index is 3.03. The summed E-state index contributed by atoms with van der Waals surface area (Å²) in [5, 5.41) is 0. The van der Waals surface area contributed by atoms with Crippen LogP contribution in [0.25, 0.3) is 0 Å². The molecule has 0 saturated heterocycles. The Kier molecular flexibility index (Phi) is 3.31. The third-order valence-electron chi connectivity index (χ3n) is 1.64. The van der Waals surface area contributed by atoms with Gasteiger partial charge in [-0.25, -0.2) is 4.39 Å². The van der Waals surface area contributed by atoms with Gasteiger partial charge in [0.2, 0.25) is 0 Å². The van der Waals surface area contributed by atoms with Crippen LogP contribution in [-0.4, -0.2) is 7.11 Å². The van der Waals surface area contributed by atoms with Crippen LogP contribution in [0.5, 0.6) is 5.75 Å². The fourth-order valence-electron chi connectivity index (χ4n) is 0.957. The maximum atomic E-state index is 13.2. The predicted octanol–water partition coefficient (Wildman–Crippen LogP) is 3.33. The summed E-state index contributed by atoms with van der Waals surface area (Å²) in [6, 6.07) is 4.93. The average Bonchev–Trinajstić information content (AvgIpc) is 2.03. The zero-order chi connectivity index (χ0) is 9.14. The summed E-state index contributed by atoms with van der Waals surface area (Å²) in [5.41, 5.74) is 0.719. The van der Waals surface area contributed by atoms with Crippen molar-refractivity contribution in [2.45, 2.75) is 10.8 Å². The molecule has 0 amide bonds. The van der Waals surface area contributed by atoms with Crippen LogP contribution in [0.3, 0.4) is 0 Å². The molecule has 3 heteroatoms. The van der Waals surface area contributed by atoms with Crippen LogP contribution in [-0.2, 0) is 0 Å². The lowest BCUT2D eigenvalue weighted by atomic mass is 10.1. The number of halogens is 2. The largest absolute Gasteiger partial charge is 0.497 e. The molecule has 0 saturated carbocycles. The number of methoxy groups -OCH3 is 1. The van der Waals surface area contributed by atoms with Gasteiger partial charge in [-0.3, -0.25) is 0 Å². The predicted molar refractivity (Wildman–Crippen MR) is 55.4 cm³/mol. The maximum absolute atomic E-state index is 13.2. The standard InChI is InChI=1S/C9H10FIO/c1-6(11)8-4-3-7(12-2)5-9(8)10/h3-6H,1-2H3. The van der Waals surface area contributed by atoms with E-state index in [1.54, 1.807) is 12.1 Å². The molecule has 1 unspecified atom stereocenters. The van der Waals surface area contributed by atoms with Crippen LogP contribution in [0.4, 0.5) is 4.39 Å². The smallest absolute Gasteiger partial charge is 0.131 e. The Labute approximate surface area is 85.1 Å². The van der Waals surface area contributed by atoms with Crippen LogP contribution < -0.4 is 4.74 Å². The molecule has 0 aliphatic carbocycles. The summed E-state index contributed by atoms with van der Waals surface area (Å²) in [6.45, 7) is 1.95. The van der Waals surface area contributed by atoms with E-state index < -0.39 is 0 Å². The zero-order valence-corrected chi connectivity index (χ0v) is 9.13. The first-order valence-corrected chi connectivity index (χ1v) is 4.87. The third-order valence-corrected chi connectivity index (χ3v) is 2.31. The molecule has 1 rings (SSSR count). The molecule has 0 spiro atoms. The van der Waals surface area contributed by atoms with E-state index in [1.807, 2.05) is 6.92 Å². The van der Waals surface area contributed by atoms with Crippen molar-refractivity contribution in [3.63, 3.8) is 0 Å². The van der Waals surface area contributed by atoms with Gasteiger partial charge in [-0.15, -0.1) is 0 Å². The number of hydrogen-bond acceptors (Lipinski definition) is 1. The van der Waals surface area contributed by atoms with Crippen molar-refractivity contribution in [3.8, 4) is 5.75 Å². The fourth-order valence-corrected chi connectivity index (χ4v) is 1.46. The zero-order valence-electron chi connectivity index (χ0n) is 6.97. The van der Waals surface area contributed by atoms with Gasteiger partial charge in [-0.05, 0) is 13.0 Å². The second-order valence-corrected chi connectivity index (χ2v) is 4.37. The van der Waals surface area contributed by atoms with E-state index in [2.05, 4.69) is 22.6 Å². The molecular weight excluding hydrogens is 270 g/mol. The lowest BCUT2D eigenvalue weighted by Gasteiger charge is -2.06. The molecule has 12 heavy (non-hydrogen) atoms. The molecular formula is C9H10FIO. The first-order chi connectivity index (χ1) is 5.65. The molecule has 0 N–H and O–H groups in total. The van der Waals surface area contributed by atoms with Gasteiger partial charge in [0.05, 0.1) is 7.11 Å². The highest BCUT2D eigenvalue weighted by Crippen LogP contribution is 2.27. The molecule has 66 valence electrons. The van der Waals surface area contributed by atoms with Crippen molar-refractivity contribution < 1.29 is 9.13 Å². The highest BCUT2D eigenvalue weighted by molar-refractivity contribution is 14.1. The van der Waals surface area contributed by atoms with E-state index in [0.717, 1.165) is 5.56 Å². The minimum absolute atomic E-state index is 0.188. The highest BCUT2D eigenvalue weighted by atomic mass is 127. The van der Waals surface area contributed by atoms with Crippen molar-refractivity contribution in [1.29, 1.82) is 0 Å². The first-order valence-electron chi connectivity index (χ1n) is 3.62. The quantitative estimate of drug-likeness (QED) is 0.596. The number of alkyl halides is 1. The molecule has 0 fully saturated rings. The lowest BCUT2D eigenvalue weighted by molar-refractivity contribution is 0.411. The van der Waals surface area contributed by atoms with E-state index in [-0.39, 0.29) is 9.74 Å². The molecule has 0 aromatic heterocycles. The molecule has 0 aliphatic rings. The minimum Gasteiger partial charge on any atom is -0.497 e. The number of rotatable bonds is 2. The Morgan fingerprint density at radius 3 is 2.58 bits per heavy atom. The van der Waals surface area contributed by atoms with Gasteiger partial charge >= 0.3 is 0 Å². The Morgan fingerprint density at radius 1 is 1.50 bits per heavy atom. The molecule has 1 nitrogen and oxygen atoms in total. The van der Waals surface area contributed by atoms with Gasteiger partial charge in [0, 0.05) is 15.6 Å². The SMILES string of the molecule is COc1ccc(C(C)I)c(F)c1.